The number of carboxylic acid groups (broad SMARTS) is 2. The molecule has 0 heterocycles. The van der Waals surface area contributed by atoms with Crippen molar-refractivity contribution in [3.05, 3.63) is 47.5 Å². The second kappa shape index (κ2) is 4.44. The van der Waals surface area contributed by atoms with Gasteiger partial charge >= 0.3 is 11.9 Å². The van der Waals surface area contributed by atoms with Crippen molar-refractivity contribution in [3.63, 3.8) is 0 Å². The average Bonchev–Trinajstić information content (AvgIpc) is 2.26. The summed E-state index contributed by atoms with van der Waals surface area (Å²) in [6.07, 6.45) is 2.77. The third-order valence-corrected chi connectivity index (χ3v) is 2.15. The number of benzene rings is 1. The van der Waals surface area contributed by atoms with Gasteiger partial charge in [0.15, 0.2) is 0 Å². The van der Waals surface area contributed by atoms with Crippen molar-refractivity contribution in [2.24, 2.45) is 0 Å². The summed E-state index contributed by atoms with van der Waals surface area (Å²) in [5.74, 6) is -2.58. The molecule has 1 rings (SSSR count). The van der Waals surface area contributed by atoms with Gasteiger partial charge in [0.05, 0.1) is 11.1 Å². The van der Waals surface area contributed by atoms with Gasteiger partial charge in [-0.25, -0.2) is 9.59 Å². The lowest BCUT2D eigenvalue weighted by Gasteiger charge is -2.08. The highest BCUT2D eigenvalue weighted by Crippen LogP contribution is 2.22. The maximum absolute atomic E-state index is 11.0. The molecule has 82 valence electrons. The second-order valence-electron chi connectivity index (χ2n) is 3.01. The number of rotatable bonds is 4. The zero-order valence-corrected chi connectivity index (χ0v) is 8.43. The van der Waals surface area contributed by atoms with E-state index in [1.807, 2.05) is 0 Å². The first kappa shape index (κ1) is 11.7. The Kier molecular flexibility index (Phi) is 3.25. The van der Waals surface area contributed by atoms with E-state index in [1.165, 1.54) is 24.3 Å². The first-order valence-corrected chi connectivity index (χ1v) is 4.41. The van der Waals surface area contributed by atoms with Crippen molar-refractivity contribution >= 4 is 24.1 Å². The van der Waals surface area contributed by atoms with Gasteiger partial charge in [-0.3, -0.25) is 0 Å². The van der Waals surface area contributed by atoms with Crippen molar-refractivity contribution in [1.82, 2.24) is 0 Å². The standard InChI is InChI=1S/C12H10O4/c1-3-7-5-6-9(11(13)14)10(12(15)16)8(7)4-2/h3-6H,1-2H2,(H,13,14)(H,15,16). The first-order valence-electron chi connectivity index (χ1n) is 4.41. The quantitative estimate of drug-likeness (QED) is 0.813. The Hall–Kier alpha value is -2.36. The highest BCUT2D eigenvalue weighted by molar-refractivity contribution is 6.05. The molecule has 0 radical (unpaired) electrons. The average molecular weight is 218 g/mol. The van der Waals surface area contributed by atoms with Crippen LogP contribution in [0.15, 0.2) is 25.3 Å². The molecule has 0 bridgehead atoms. The van der Waals surface area contributed by atoms with Crippen molar-refractivity contribution < 1.29 is 19.8 Å². The van der Waals surface area contributed by atoms with E-state index < -0.39 is 11.9 Å². The molecule has 1 aromatic rings. The highest BCUT2D eigenvalue weighted by Gasteiger charge is 2.20. The summed E-state index contributed by atoms with van der Waals surface area (Å²) in [6.45, 7) is 7.01. The Labute approximate surface area is 92.2 Å². The first-order chi connectivity index (χ1) is 7.52. The third-order valence-electron chi connectivity index (χ3n) is 2.15. The molecule has 4 heteroatoms. The summed E-state index contributed by atoms with van der Waals surface area (Å²) in [5, 5.41) is 17.9. The zero-order chi connectivity index (χ0) is 12.3. The molecule has 0 fully saturated rings. The van der Waals surface area contributed by atoms with E-state index in [0.717, 1.165) is 0 Å². The van der Waals surface area contributed by atoms with E-state index in [2.05, 4.69) is 13.2 Å². The molecule has 0 aliphatic carbocycles. The molecule has 16 heavy (non-hydrogen) atoms. The van der Waals surface area contributed by atoms with Crippen LogP contribution in [0.25, 0.3) is 12.2 Å². The fourth-order valence-corrected chi connectivity index (χ4v) is 1.44. The van der Waals surface area contributed by atoms with Crippen molar-refractivity contribution in [3.8, 4) is 0 Å². The third kappa shape index (κ3) is 1.86. The van der Waals surface area contributed by atoms with E-state index in [0.29, 0.717) is 5.56 Å². The Morgan fingerprint density at radius 2 is 1.69 bits per heavy atom. The molecule has 2 N–H and O–H groups in total. The van der Waals surface area contributed by atoms with Crippen LogP contribution in [-0.4, -0.2) is 22.2 Å². The van der Waals surface area contributed by atoms with E-state index in [1.54, 1.807) is 0 Å². The van der Waals surface area contributed by atoms with Gasteiger partial charge in [0.1, 0.15) is 0 Å². The predicted octanol–water partition coefficient (Wildman–Crippen LogP) is 2.37. The topological polar surface area (TPSA) is 74.6 Å². The van der Waals surface area contributed by atoms with Gasteiger partial charge in [-0.2, -0.15) is 0 Å². The lowest BCUT2D eigenvalue weighted by Crippen LogP contribution is -2.11. The minimum Gasteiger partial charge on any atom is -0.478 e. The summed E-state index contributed by atoms with van der Waals surface area (Å²) in [7, 11) is 0. The largest absolute Gasteiger partial charge is 0.478 e. The summed E-state index contributed by atoms with van der Waals surface area (Å²) in [6, 6.07) is 2.75. The summed E-state index contributed by atoms with van der Waals surface area (Å²) < 4.78 is 0. The number of carboxylic acids is 2. The monoisotopic (exact) mass is 218 g/mol. The molecule has 1 aromatic carbocycles. The van der Waals surface area contributed by atoms with Gasteiger partial charge in [0.2, 0.25) is 0 Å². The fraction of sp³-hybridized carbons (Fsp3) is 0. The predicted molar refractivity (Wildman–Crippen MR) is 60.5 cm³/mol. The smallest absolute Gasteiger partial charge is 0.337 e. The van der Waals surface area contributed by atoms with Crippen molar-refractivity contribution in [1.29, 1.82) is 0 Å². The summed E-state index contributed by atoms with van der Waals surface area (Å²) >= 11 is 0. The van der Waals surface area contributed by atoms with Crippen LogP contribution in [0.4, 0.5) is 0 Å². The van der Waals surface area contributed by atoms with Crippen LogP contribution in [0.1, 0.15) is 31.8 Å². The maximum Gasteiger partial charge on any atom is 0.337 e. The number of aromatic carboxylic acids is 2. The van der Waals surface area contributed by atoms with Crippen LogP contribution < -0.4 is 0 Å². The fourth-order valence-electron chi connectivity index (χ4n) is 1.44. The lowest BCUT2D eigenvalue weighted by atomic mass is 9.96. The van der Waals surface area contributed by atoms with E-state index >= 15 is 0 Å². The molecule has 4 nitrogen and oxygen atoms in total. The van der Waals surface area contributed by atoms with Crippen LogP contribution >= 0.6 is 0 Å². The molecule has 0 aromatic heterocycles. The molecule has 0 saturated heterocycles. The molecule has 0 aliphatic heterocycles. The van der Waals surface area contributed by atoms with Gasteiger partial charge in [0, 0.05) is 0 Å². The van der Waals surface area contributed by atoms with Crippen molar-refractivity contribution in [2.45, 2.75) is 0 Å². The normalized spacial score (nSPS) is 9.50. The Balaban J connectivity index is 3.69. The SMILES string of the molecule is C=Cc1ccc(C(=O)O)c(C(=O)O)c1C=C. The summed E-state index contributed by atoms with van der Waals surface area (Å²) in [4.78, 5) is 21.9. The lowest BCUT2D eigenvalue weighted by molar-refractivity contribution is 0.0651. The van der Waals surface area contributed by atoms with Gasteiger partial charge in [-0.15, -0.1) is 0 Å². The highest BCUT2D eigenvalue weighted by atomic mass is 16.4. The zero-order valence-electron chi connectivity index (χ0n) is 8.43. The van der Waals surface area contributed by atoms with Crippen LogP contribution in [0.2, 0.25) is 0 Å². The maximum atomic E-state index is 11.0. The Bertz CT molecular complexity index is 486. The number of carbonyl (C=O) groups is 2. The summed E-state index contributed by atoms with van der Waals surface area (Å²) in [5.41, 5.74) is 0.285. The van der Waals surface area contributed by atoms with Crippen LogP contribution in [0.3, 0.4) is 0 Å². The van der Waals surface area contributed by atoms with E-state index in [-0.39, 0.29) is 16.7 Å². The van der Waals surface area contributed by atoms with E-state index in [4.69, 9.17) is 10.2 Å². The molecule has 0 unspecified atom stereocenters. The van der Waals surface area contributed by atoms with Gasteiger partial charge < -0.3 is 10.2 Å². The van der Waals surface area contributed by atoms with Gasteiger partial charge in [-0.1, -0.05) is 31.4 Å². The second-order valence-corrected chi connectivity index (χ2v) is 3.01. The molecular formula is C12H10O4. The minimum atomic E-state index is -1.30. The van der Waals surface area contributed by atoms with Gasteiger partial charge in [0.25, 0.3) is 0 Å². The number of hydrogen-bond donors (Lipinski definition) is 2. The molecule has 0 amide bonds. The van der Waals surface area contributed by atoms with Gasteiger partial charge in [-0.05, 0) is 17.2 Å². The molecule has 0 spiro atoms. The van der Waals surface area contributed by atoms with E-state index in [9.17, 15) is 9.59 Å². The molecular weight excluding hydrogens is 208 g/mol. The Morgan fingerprint density at radius 3 is 2.06 bits per heavy atom. The van der Waals surface area contributed by atoms with Crippen molar-refractivity contribution in [2.75, 3.05) is 0 Å². The Morgan fingerprint density at radius 1 is 1.06 bits per heavy atom. The molecule has 0 atom stereocenters. The van der Waals surface area contributed by atoms with Crippen LogP contribution in [0.5, 0.6) is 0 Å². The van der Waals surface area contributed by atoms with Crippen LogP contribution in [-0.2, 0) is 0 Å². The number of hydrogen-bond acceptors (Lipinski definition) is 2. The minimum absolute atomic E-state index is 0.256. The molecule has 0 aliphatic rings. The van der Waals surface area contributed by atoms with Crippen LogP contribution in [0, 0.1) is 0 Å². The molecule has 0 saturated carbocycles.